The predicted octanol–water partition coefficient (Wildman–Crippen LogP) is 4.08. The van der Waals surface area contributed by atoms with Gasteiger partial charge >= 0.3 is 6.36 Å². The van der Waals surface area contributed by atoms with E-state index in [0.29, 0.717) is 5.56 Å². The van der Waals surface area contributed by atoms with Crippen LogP contribution < -0.4 is 14.2 Å². The fraction of sp³-hybridized carbons (Fsp3) is 0.200. The van der Waals surface area contributed by atoms with Crippen molar-refractivity contribution in [1.29, 1.82) is 0 Å². The van der Waals surface area contributed by atoms with Gasteiger partial charge in [-0.3, -0.25) is 10.1 Å². The Labute approximate surface area is 134 Å². The summed E-state index contributed by atoms with van der Waals surface area (Å²) in [6.07, 6.45) is -4.75. The molecular weight excluding hydrogens is 331 g/mol. The Kier molecular flexibility index (Phi) is 5.12. The largest absolute Gasteiger partial charge is 0.573 e. The van der Waals surface area contributed by atoms with Crippen molar-refractivity contribution >= 4 is 5.69 Å². The van der Waals surface area contributed by atoms with Crippen molar-refractivity contribution in [2.24, 2.45) is 0 Å². The van der Waals surface area contributed by atoms with E-state index in [2.05, 4.69) is 4.74 Å². The first kappa shape index (κ1) is 17.4. The third-order valence-electron chi connectivity index (χ3n) is 2.91. The molecule has 0 saturated carbocycles. The molecule has 2 aromatic rings. The summed E-state index contributed by atoms with van der Waals surface area (Å²) < 4.78 is 50.5. The van der Waals surface area contributed by atoms with Gasteiger partial charge in [0.25, 0.3) is 5.69 Å². The predicted molar refractivity (Wildman–Crippen MR) is 77.1 cm³/mol. The van der Waals surface area contributed by atoms with Crippen LogP contribution in [0.3, 0.4) is 0 Å². The van der Waals surface area contributed by atoms with Gasteiger partial charge < -0.3 is 14.2 Å². The molecule has 0 aliphatic heterocycles. The Hall–Kier alpha value is -2.97. The first-order valence-corrected chi connectivity index (χ1v) is 6.58. The molecule has 24 heavy (non-hydrogen) atoms. The Balaban J connectivity index is 2.04. The Morgan fingerprint density at radius 3 is 2.29 bits per heavy atom. The zero-order valence-corrected chi connectivity index (χ0v) is 12.4. The van der Waals surface area contributed by atoms with E-state index in [1.807, 2.05) is 0 Å². The van der Waals surface area contributed by atoms with Gasteiger partial charge in [-0.2, -0.15) is 0 Å². The molecule has 0 aliphatic rings. The highest BCUT2D eigenvalue weighted by molar-refractivity contribution is 5.48. The van der Waals surface area contributed by atoms with Crippen LogP contribution in [0, 0.1) is 10.1 Å². The maximum absolute atomic E-state index is 12.1. The second kappa shape index (κ2) is 7.07. The van der Waals surface area contributed by atoms with Crippen LogP contribution in [0.2, 0.25) is 0 Å². The lowest BCUT2D eigenvalue weighted by atomic mass is 10.2. The second-order valence-electron chi connectivity index (χ2n) is 4.57. The van der Waals surface area contributed by atoms with Crippen LogP contribution >= 0.6 is 0 Å². The van der Waals surface area contributed by atoms with Gasteiger partial charge in [-0.15, -0.1) is 13.2 Å². The third-order valence-corrected chi connectivity index (χ3v) is 2.91. The second-order valence-corrected chi connectivity index (χ2v) is 4.57. The Bertz CT molecular complexity index is 716. The van der Waals surface area contributed by atoms with E-state index in [-0.39, 0.29) is 29.5 Å². The SMILES string of the molecule is COc1cc([N+](=O)[O-])ccc1OCc1ccc(OC(F)(F)F)cc1. The molecule has 0 saturated heterocycles. The number of nitrogens with zero attached hydrogens (tertiary/aromatic N) is 1. The van der Waals surface area contributed by atoms with E-state index in [1.165, 1.54) is 49.6 Å². The average Bonchev–Trinajstić information content (AvgIpc) is 2.52. The molecule has 6 nitrogen and oxygen atoms in total. The van der Waals surface area contributed by atoms with Crippen molar-refractivity contribution in [3.8, 4) is 17.2 Å². The fourth-order valence-electron chi connectivity index (χ4n) is 1.84. The lowest BCUT2D eigenvalue weighted by molar-refractivity contribution is -0.385. The van der Waals surface area contributed by atoms with Gasteiger partial charge in [0.15, 0.2) is 11.5 Å². The summed E-state index contributed by atoms with van der Waals surface area (Å²) in [7, 11) is 1.34. The highest BCUT2D eigenvalue weighted by atomic mass is 19.4. The van der Waals surface area contributed by atoms with E-state index in [0.717, 1.165) is 0 Å². The summed E-state index contributed by atoms with van der Waals surface area (Å²) in [6, 6.07) is 9.03. The number of alkyl halides is 3. The topological polar surface area (TPSA) is 70.8 Å². The number of hydrogen-bond acceptors (Lipinski definition) is 5. The van der Waals surface area contributed by atoms with Gasteiger partial charge in [-0.1, -0.05) is 12.1 Å². The minimum absolute atomic E-state index is 0.0421. The van der Waals surface area contributed by atoms with E-state index in [1.54, 1.807) is 0 Å². The molecule has 9 heteroatoms. The molecule has 2 aromatic carbocycles. The number of hydrogen-bond donors (Lipinski definition) is 0. The van der Waals surface area contributed by atoms with Crippen molar-refractivity contribution < 1.29 is 32.3 Å². The number of non-ortho nitro benzene ring substituents is 1. The summed E-state index contributed by atoms with van der Waals surface area (Å²) in [5.74, 6) is 0.124. The number of ether oxygens (including phenoxy) is 3. The molecule has 0 heterocycles. The summed E-state index contributed by atoms with van der Waals surface area (Å²) in [4.78, 5) is 10.1. The van der Waals surface area contributed by atoms with E-state index in [9.17, 15) is 23.3 Å². The molecule has 0 fully saturated rings. The van der Waals surface area contributed by atoms with Gasteiger partial charge in [0.2, 0.25) is 0 Å². The van der Waals surface area contributed by atoms with Crippen molar-refractivity contribution in [2.45, 2.75) is 13.0 Å². The lowest BCUT2D eigenvalue weighted by Crippen LogP contribution is -2.17. The number of rotatable bonds is 6. The minimum Gasteiger partial charge on any atom is -0.493 e. The quantitative estimate of drug-likeness (QED) is 0.584. The van der Waals surface area contributed by atoms with Gasteiger partial charge in [0.1, 0.15) is 12.4 Å². The van der Waals surface area contributed by atoms with Crippen LogP contribution in [-0.4, -0.2) is 18.4 Å². The number of nitro groups is 1. The van der Waals surface area contributed by atoms with E-state index >= 15 is 0 Å². The molecule has 0 aromatic heterocycles. The zero-order valence-electron chi connectivity index (χ0n) is 12.4. The fourth-order valence-corrected chi connectivity index (χ4v) is 1.84. The number of methoxy groups -OCH3 is 1. The van der Waals surface area contributed by atoms with Gasteiger partial charge in [0.05, 0.1) is 18.1 Å². The monoisotopic (exact) mass is 343 g/mol. The Morgan fingerprint density at radius 2 is 1.75 bits per heavy atom. The van der Waals surface area contributed by atoms with Crippen molar-refractivity contribution in [3.63, 3.8) is 0 Å². The Morgan fingerprint density at radius 1 is 1.08 bits per heavy atom. The molecule has 0 radical (unpaired) electrons. The average molecular weight is 343 g/mol. The van der Waals surface area contributed by atoms with Crippen LogP contribution in [0.15, 0.2) is 42.5 Å². The third kappa shape index (κ3) is 4.77. The molecule has 0 amide bonds. The van der Waals surface area contributed by atoms with Gasteiger partial charge in [-0.25, -0.2) is 0 Å². The van der Waals surface area contributed by atoms with Crippen LogP contribution in [0.1, 0.15) is 5.56 Å². The molecule has 0 unspecified atom stereocenters. The van der Waals surface area contributed by atoms with Gasteiger partial charge in [-0.05, 0) is 23.8 Å². The van der Waals surface area contributed by atoms with Gasteiger partial charge in [0, 0.05) is 6.07 Å². The van der Waals surface area contributed by atoms with E-state index in [4.69, 9.17) is 9.47 Å². The van der Waals surface area contributed by atoms with E-state index < -0.39 is 11.3 Å². The van der Waals surface area contributed by atoms with Crippen LogP contribution in [0.25, 0.3) is 0 Å². The molecule has 0 spiro atoms. The minimum atomic E-state index is -4.75. The zero-order chi connectivity index (χ0) is 17.7. The highest BCUT2D eigenvalue weighted by Crippen LogP contribution is 2.32. The molecule has 0 bridgehead atoms. The van der Waals surface area contributed by atoms with Crippen molar-refractivity contribution in [2.75, 3.05) is 7.11 Å². The first-order chi connectivity index (χ1) is 11.3. The summed E-state index contributed by atoms with van der Waals surface area (Å²) in [5, 5.41) is 10.7. The maximum Gasteiger partial charge on any atom is 0.573 e. The van der Waals surface area contributed by atoms with Crippen molar-refractivity contribution in [3.05, 3.63) is 58.1 Å². The van der Waals surface area contributed by atoms with Crippen LogP contribution in [0.5, 0.6) is 17.2 Å². The standard InChI is InChI=1S/C15H12F3NO5/c1-22-14-8-11(19(20)21)4-7-13(14)23-9-10-2-5-12(6-3-10)24-15(16,17)18/h2-8H,9H2,1H3. The highest BCUT2D eigenvalue weighted by Gasteiger charge is 2.30. The first-order valence-electron chi connectivity index (χ1n) is 6.58. The van der Waals surface area contributed by atoms with Crippen molar-refractivity contribution in [1.82, 2.24) is 0 Å². The summed E-state index contributed by atoms with van der Waals surface area (Å²) in [6.45, 7) is 0.0421. The number of halogens is 3. The smallest absolute Gasteiger partial charge is 0.493 e. The molecule has 0 aliphatic carbocycles. The van der Waals surface area contributed by atoms with Crippen LogP contribution in [0.4, 0.5) is 18.9 Å². The summed E-state index contributed by atoms with van der Waals surface area (Å²) in [5.41, 5.74) is 0.442. The molecule has 128 valence electrons. The van der Waals surface area contributed by atoms with Crippen LogP contribution in [-0.2, 0) is 6.61 Å². The number of benzene rings is 2. The molecule has 0 atom stereocenters. The molecule has 0 N–H and O–H groups in total. The molecular formula is C15H12F3NO5. The maximum atomic E-state index is 12.1. The lowest BCUT2D eigenvalue weighted by Gasteiger charge is -2.11. The molecule has 2 rings (SSSR count). The number of nitro benzene ring substituents is 1. The summed E-state index contributed by atoms with van der Waals surface area (Å²) >= 11 is 0. The normalized spacial score (nSPS) is 11.0.